The van der Waals surface area contributed by atoms with Crippen molar-refractivity contribution in [1.29, 1.82) is 0 Å². The van der Waals surface area contributed by atoms with Crippen LogP contribution in [0.15, 0.2) is 0 Å². The van der Waals surface area contributed by atoms with E-state index in [0.717, 1.165) is 6.92 Å². The molecule has 0 aliphatic rings. The summed E-state index contributed by atoms with van der Waals surface area (Å²) in [6, 6.07) is 0. The second kappa shape index (κ2) is 9.02. The van der Waals surface area contributed by atoms with Gasteiger partial charge in [0.25, 0.3) is 11.2 Å². The highest BCUT2D eigenvalue weighted by atomic mass is 35.5. The molecule has 0 aliphatic heterocycles. The van der Waals surface area contributed by atoms with Crippen LogP contribution < -0.4 is 0 Å². The Labute approximate surface area is 101 Å². The van der Waals surface area contributed by atoms with Gasteiger partial charge in [0.15, 0.2) is 12.4 Å². The monoisotopic (exact) mass is 272 g/mol. The maximum atomic E-state index is 10.3. The van der Waals surface area contributed by atoms with E-state index in [4.69, 9.17) is 41.9 Å². The van der Waals surface area contributed by atoms with Gasteiger partial charge in [-0.15, -0.1) is 0 Å². The number of aldehydes is 1. The van der Waals surface area contributed by atoms with Gasteiger partial charge in [0, 0.05) is 6.92 Å². The van der Waals surface area contributed by atoms with Crippen LogP contribution in [0.2, 0.25) is 0 Å². The number of hydrogen-bond acceptors (Lipinski definition) is 7. The maximum absolute atomic E-state index is 10.3. The van der Waals surface area contributed by atoms with E-state index in [1.807, 2.05) is 0 Å². The summed E-state index contributed by atoms with van der Waals surface area (Å²) in [4.78, 5) is 29.2. The molecule has 0 radical (unpaired) electrons. The third-order valence-electron chi connectivity index (χ3n) is 1.40. The molecule has 0 amide bonds. The molecule has 0 aliphatic carbocycles. The minimum Gasteiger partial charge on any atom is -0.481 e. The lowest BCUT2D eigenvalue weighted by Gasteiger charge is -2.21. The molecule has 5 N–H and O–H groups in total. The highest BCUT2D eigenvalue weighted by Crippen LogP contribution is 2.06. The molecule has 0 aromatic carbocycles. The summed E-state index contributed by atoms with van der Waals surface area (Å²) >= 11 is 4.79. The number of aliphatic hydroxyl groups excluding tert-OH is 4. The van der Waals surface area contributed by atoms with Crippen molar-refractivity contribution < 1.29 is 39.9 Å². The molecule has 8 nitrogen and oxygen atoms in total. The topological polar surface area (TPSA) is 152 Å². The average Bonchev–Trinajstić information content (AvgIpc) is 2.23. The van der Waals surface area contributed by atoms with Gasteiger partial charge in [-0.3, -0.25) is 9.59 Å². The zero-order valence-electron chi connectivity index (χ0n) is 8.73. The number of carbonyl (C=O) groups is 3. The minimum absolute atomic E-state index is 0.0423. The Morgan fingerprint density at radius 3 is 1.71 bits per heavy atom. The van der Waals surface area contributed by atoms with Gasteiger partial charge >= 0.3 is 0 Å². The van der Waals surface area contributed by atoms with Crippen molar-refractivity contribution in [3.05, 3.63) is 0 Å². The molecular weight excluding hydrogens is 260 g/mol. The summed E-state index contributed by atoms with van der Waals surface area (Å²) in [7, 11) is 0. The predicted molar refractivity (Wildman–Crippen MR) is 54.3 cm³/mol. The molecule has 0 heterocycles. The molecule has 9 heteroatoms. The van der Waals surface area contributed by atoms with E-state index in [9.17, 15) is 9.59 Å². The molecule has 0 aromatic heterocycles. The second-order valence-corrected chi connectivity index (χ2v) is 3.25. The van der Waals surface area contributed by atoms with Gasteiger partial charge in [0.2, 0.25) is 0 Å². The zero-order valence-corrected chi connectivity index (χ0v) is 9.48. The Kier molecular flexibility index (Phi) is 9.72. The molecule has 0 saturated carbocycles. The van der Waals surface area contributed by atoms with Crippen molar-refractivity contribution >= 4 is 29.1 Å². The van der Waals surface area contributed by atoms with Crippen molar-refractivity contribution in [1.82, 2.24) is 0 Å². The molecular formula is C8H13ClO8. The smallest absolute Gasteiger partial charge is 0.300 e. The van der Waals surface area contributed by atoms with Gasteiger partial charge in [-0.2, -0.15) is 0 Å². The van der Waals surface area contributed by atoms with Crippen molar-refractivity contribution in [2.75, 3.05) is 0 Å². The van der Waals surface area contributed by atoms with E-state index in [1.54, 1.807) is 0 Å². The molecule has 17 heavy (non-hydrogen) atoms. The van der Waals surface area contributed by atoms with Gasteiger partial charge in [0.05, 0.1) is 0 Å². The normalized spacial score (nSPS) is 16.8. The first-order valence-corrected chi connectivity index (χ1v) is 4.59. The zero-order chi connectivity index (χ0) is 14.2. The Balaban J connectivity index is 0. The van der Waals surface area contributed by atoms with Crippen LogP contribution in [0.4, 0.5) is 0 Å². The maximum Gasteiger partial charge on any atom is 0.300 e. The Morgan fingerprint density at radius 2 is 1.47 bits per heavy atom. The first-order chi connectivity index (χ1) is 7.64. The molecule has 0 spiro atoms. The van der Waals surface area contributed by atoms with E-state index in [-0.39, 0.29) is 6.29 Å². The average molecular weight is 273 g/mol. The van der Waals surface area contributed by atoms with Gasteiger partial charge in [-0.25, -0.2) is 0 Å². The standard InChI is InChI=1S/C6H9ClO6.C2H4O2/c7-6(13)5(12)4(11)3(10)2(9)1-8;1-2(3)4/h1-5,9-12H;1H3,(H,3,4). The van der Waals surface area contributed by atoms with E-state index in [2.05, 4.69) is 0 Å². The first-order valence-electron chi connectivity index (χ1n) is 4.21. The number of halogens is 1. The Hall–Kier alpha value is -1.06. The Bertz CT molecular complexity index is 264. The van der Waals surface area contributed by atoms with Crippen LogP contribution in [0.25, 0.3) is 0 Å². The molecule has 0 fully saturated rings. The van der Waals surface area contributed by atoms with Gasteiger partial charge in [-0.1, -0.05) is 0 Å². The van der Waals surface area contributed by atoms with Crippen molar-refractivity contribution in [2.45, 2.75) is 31.3 Å². The van der Waals surface area contributed by atoms with Gasteiger partial charge in [0.1, 0.15) is 18.3 Å². The number of aliphatic carboxylic acids is 1. The van der Waals surface area contributed by atoms with Crippen molar-refractivity contribution in [3.63, 3.8) is 0 Å². The summed E-state index contributed by atoms with van der Waals surface area (Å²) in [6.45, 7) is 1.08. The lowest BCUT2D eigenvalue weighted by molar-refractivity contribution is -0.143. The van der Waals surface area contributed by atoms with Crippen molar-refractivity contribution in [2.24, 2.45) is 0 Å². The molecule has 0 bridgehead atoms. The van der Waals surface area contributed by atoms with Crippen LogP contribution in [0.5, 0.6) is 0 Å². The molecule has 100 valence electrons. The van der Waals surface area contributed by atoms with Crippen LogP contribution in [-0.4, -0.2) is 67.4 Å². The predicted octanol–water partition coefficient (Wildman–Crippen LogP) is -2.51. The minimum atomic E-state index is -2.04. The highest BCUT2D eigenvalue weighted by molar-refractivity contribution is 6.64. The number of aliphatic hydroxyl groups is 4. The third-order valence-corrected chi connectivity index (χ3v) is 1.62. The van der Waals surface area contributed by atoms with Crippen LogP contribution >= 0.6 is 11.6 Å². The van der Waals surface area contributed by atoms with E-state index >= 15 is 0 Å². The number of carboxylic acid groups (broad SMARTS) is 1. The largest absolute Gasteiger partial charge is 0.481 e. The quantitative estimate of drug-likeness (QED) is 0.272. The van der Waals surface area contributed by atoms with Crippen LogP contribution in [0, 0.1) is 0 Å². The summed E-state index contributed by atoms with van der Waals surface area (Å²) < 4.78 is 0. The van der Waals surface area contributed by atoms with E-state index < -0.39 is 35.6 Å². The molecule has 0 saturated heterocycles. The number of hydrogen-bond donors (Lipinski definition) is 5. The van der Waals surface area contributed by atoms with Crippen LogP contribution in [0.1, 0.15) is 6.92 Å². The highest BCUT2D eigenvalue weighted by Gasteiger charge is 2.33. The lowest BCUT2D eigenvalue weighted by atomic mass is 10.0. The number of rotatable bonds is 5. The molecule has 0 aromatic rings. The van der Waals surface area contributed by atoms with Gasteiger partial charge in [-0.05, 0) is 11.6 Å². The summed E-state index contributed by atoms with van der Waals surface area (Å²) in [5.41, 5.74) is 0. The molecule has 4 unspecified atom stereocenters. The summed E-state index contributed by atoms with van der Waals surface area (Å²) in [5, 5.41) is 41.4. The molecule has 0 rings (SSSR count). The fraction of sp³-hybridized carbons (Fsp3) is 0.625. The van der Waals surface area contributed by atoms with Crippen LogP contribution in [0.3, 0.4) is 0 Å². The summed E-state index contributed by atoms with van der Waals surface area (Å²) in [5.74, 6) is -0.833. The lowest BCUT2D eigenvalue weighted by Crippen LogP contribution is -2.47. The molecule has 4 atom stereocenters. The SMILES string of the molecule is CC(=O)O.O=CC(O)C(O)C(O)C(O)C(=O)Cl. The van der Waals surface area contributed by atoms with Gasteiger partial charge < -0.3 is 30.3 Å². The fourth-order valence-corrected chi connectivity index (χ4v) is 0.733. The Morgan fingerprint density at radius 1 is 1.12 bits per heavy atom. The number of carboxylic acids is 1. The van der Waals surface area contributed by atoms with Crippen molar-refractivity contribution in [3.8, 4) is 0 Å². The first kappa shape index (κ1) is 18.3. The van der Waals surface area contributed by atoms with E-state index in [0.29, 0.717) is 0 Å². The number of carbonyl (C=O) groups excluding carboxylic acids is 2. The summed E-state index contributed by atoms with van der Waals surface area (Å²) in [6.07, 6.45) is -7.90. The fourth-order valence-electron chi connectivity index (χ4n) is 0.604. The third kappa shape index (κ3) is 8.72. The van der Waals surface area contributed by atoms with E-state index in [1.165, 1.54) is 0 Å². The van der Waals surface area contributed by atoms with Crippen LogP contribution in [-0.2, 0) is 14.4 Å². The second-order valence-electron chi connectivity index (χ2n) is 2.88.